The van der Waals surface area contributed by atoms with Crippen molar-refractivity contribution in [3.8, 4) is 11.8 Å². The van der Waals surface area contributed by atoms with Gasteiger partial charge >= 0.3 is 0 Å². The number of hydrazone groups is 1. The minimum atomic E-state index is -0.150. The number of benzene rings is 2. The van der Waals surface area contributed by atoms with E-state index in [1.54, 1.807) is 18.2 Å². The number of hydrogen-bond donors (Lipinski definition) is 0. The molecule has 5 nitrogen and oxygen atoms in total. The zero-order valence-corrected chi connectivity index (χ0v) is 13.1. The molecule has 0 saturated carbocycles. The van der Waals surface area contributed by atoms with Crippen molar-refractivity contribution in [1.29, 1.82) is 5.26 Å². The van der Waals surface area contributed by atoms with Gasteiger partial charge in [-0.25, -0.2) is 0 Å². The van der Waals surface area contributed by atoms with E-state index < -0.39 is 0 Å². The Morgan fingerprint density at radius 1 is 1.17 bits per heavy atom. The molecule has 0 atom stereocenters. The second-order valence-electron chi connectivity index (χ2n) is 5.21. The van der Waals surface area contributed by atoms with Crippen LogP contribution in [0.25, 0.3) is 6.08 Å². The predicted octanol–water partition coefficient (Wildman–Crippen LogP) is 3.40. The molecule has 1 heterocycles. The van der Waals surface area contributed by atoms with Crippen LogP contribution in [0, 0.1) is 11.3 Å². The number of nitrogens with zero attached hydrogens (tertiary/aromatic N) is 3. The first-order valence-corrected chi connectivity index (χ1v) is 7.45. The molecule has 0 radical (unpaired) electrons. The zero-order chi connectivity index (χ0) is 16.9. The van der Waals surface area contributed by atoms with Crippen LogP contribution in [0.2, 0.25) is 0 Å². The SMILES string of the molecule is CC1=NN(c2ccccc2)C(=O)C1=Cc1ccc(OCC#N)cc1. The van der Waals surface area contributed by atoms with Crippen molar-refractivity contribution in [2.45, 2.75) is 6.92 Å². The molecule has 2 aromatic carbocycles. The van der Waals surface area contributed by atoms with E-state index in [-0.39, 0.29) is 12.5 Å². The van der Waals surface area contributed by atoms with E-state index >= 15 is 0 Å². The first-order valence-electron chi connectivity index (χ1n) is 7.45. The third kappa shape index (κ3) is 3.18. The van der Waals surface area contributed by atoms with Crippen molar-refractivity contribution in [3.63, 3.8) is 0 Å². The van der Waals surface area contributed by atoms with E-state index in [9.17, 15) is 4.79 Å². The highest BCUT2D eigenvalue weighted by Crippen LogP contribution is 2.25. The molecule has 1 aliphatic heterocycles. The highest BCUT2D eigenvalue weighted by Gasteiger charge is 2.28. The predicted molar refractivity (Wildman–Crippen MR) is 92.6 cm³/mol. The summed E-state index contributed by atoms with van der Waals surface area (Å²) in [6.45, 7) is 1.83. The lowest BCUT2D eigenvalue weighted by Crippen LogP contribution is -2.21. The second-order valence-corrected chi connectivity index (χ2v) is 5.21. The summed E-state index contributed by atoms with van der Waals surface area (Å²) in [6.07, 6.45) is 1.80. The molecule has 3 rings (SSSR count). The van der Waals surface area contributed by atoms with Crippen LogP contribution in [0.3, 0.4) is 0 Å². The molecule has 0 bridgehead atoms. The van der Waals surface area contributed by atoms with Gasteiger partial charge in [0.05, 0.1) is 17.0 Å². The van der Waals surface area contributed by atoms with Gasteiger partial charge in [-0.2, -0.15) is 15.4 Å². The zero-order valence-electron chi connectivity index (χ0n) is 13.1. The lowest BCUT2D eigenvalue weighted by atomic mass is 10.1. The Balaban J connectivity index is 1.82. The van der Waals surface area contributed by atoms with Crippen molar-refractivity contribution in [1.82, 2.24) is 0 Å². The first kappa shape index (κ1) is 15.5. The largest absolute Gasteiger partial charge is 0.479 e. The summed E-state index contributed by atoms with van der Waals surface area (Å²) in [5.41, 5.74) is 2.84. The van der Waals surface area contributed by atoms with Gasteiger partial charge in [-0.1, -0.05) is 30.3 Å². The molecule has 0 aliphatic carbocycles. The van der Waals surface area contributed by atoms with E-state index in [2.05, 4.69) is 5.10 Å². The molecular weight excluding hydrogens is 302 g/mol. The molecular formula is C19H15N3O2. The molecule has 0 saturated heterocycles. The number of rotatable bonds is 4. The molecule has 0 N–H and O–H groups in total. The van der Waals surface area contributed by atoms with Crippen LogP contribution in [0.15, 0.2) is 65.3 Å². The second kappa shape index (κ2) is 6.80. The Kier molecular flexibility index (Phi) is 4.39. The van der Waals surface area contributed by atoms with Gasteiger partial charge in [0.1, 0.15) is 11.8 Å². The third-order valence-electron chi connectivity index (χ3n) is 3.56. The van der Waals surface area contributed by atoms with Gasteiger partial charge in [0.15, 0.2) is 6.61 Å². The van der Waals surface area contributed by atoms with Gasteiger partial charge in [0.2, 0.25) is 0 Å². The normalized spacial score (nSPS) is 15.3. The van der Waals surface area contributed by atoms with E-state index in [0.29, 0.717) is 17.0 Å². The average molecular weight is 317 g/mol. The maximum atomic E-state index is 12.6. The molecule has 0 fully saturated rings. The number of hydrogen-bond acceptors (Lipinski definition) is 4. The summed E-state index contributed by atoms with van der Waals surface area (Å²) < 4.78 is 5.22. The highest BCUT2D eigenvalue weighted by molar-refractivity contribution is 6.32. The van der Waals surface area contributed by atoms with E-state index in [4.69, 9.17) is 10.00 Å². The Morgan fingerprint density at radius 2 is 1.88 bits per heavy atom. The first-order chi connectivity index (χ1) is 11.7. The molecule has 118 valence electrons. The van der Waals surface area contributed by atoms with Crippen LogP contribution in [0.4, 0.5) is 5.69 Å². The summed E-state index contributed by atoms with van der Waals surface area (Å²) >= 11 is 0. The average Bonchev–Trinajstić information content (AvgIpc) is 2.90. The van der Waals surface area contributed by atoms with Crippen molar-refractivity contribution in [3.05, 3.63) is 65.7 Å². The lowest BCUT2D eigenvalue weighted by Gasteiger charge is -2.11. The molecule has 24 heavy (non-hydrogen) atoms. The van der Waals surface area contributed by atoms with Crippen LogP contribution < -0.4 is 9.75 Å². The van der Waals surface area contributed by atoms with Crippen LogP contribution in [-0.4, -0.2) is 18.2 Å². The van der Waals surface area contributed by atoms with E-state index in [0.717, 1.165) is 11.3 Å². The fourth-order valence-corrected chi connectivity index (χ4v) is 2.37. The molecule has 0 spiro atoms. The molecule has 1 amide bonds. The molecule has 2 aromatic rings. The number of amides is 1. The highest BCUT2D eigenvalue weighted by atomic mass is 16.5. The number of para-hydroxylation sites is 1. The lowest BCUT2D eigenvalue weighted by molar-refractivity contribution is -0.114. The standard InChI is InChI=1S/C19H15N3O2/c1-14-18(13-15-7-9-17(10-8-15)24-12-11-20)19(23)22(21-14)16-5-3-2-4-6-16/h2-10,13H,12H2,1H3. The van der Waals surface area contributed by atoms with Crippen LogP contribution in [-0.2, 0) is 4.79 Å². The monoisotopic (exact) mass is 317 g/mol. The number of anilines is 1. The van der Waals surface area contributed by atoms with Gasteiger partial charge < -0.3 is 4.74 Å². The molecule has 0 unspecified atom stereocenters. The topological polar surface area (TPSA) is 65.7 Å². The Labute approximate surface area is 140 Å². The van der Waals surface area contributed by atoms with Crippen molar-refractivity contribution in [2.24, 2.45) is 5.10 Å². The minimum absolute atomic E-state index is 0.0106. The maximum Gasteiger partial charge on any atom is 0.280 e. The van der Waals surface area contributed by atoms with Crippen LogP contribution in [0.1, 0.15) is 12.5 Å². The Bertz CT molecular complexity index is 846. The number of nitriles is 1. The number of ether oxygens (including phenoxy) is 1. The molecule has 0 aromatic heterocycles. The fraction of sp³-hybridized carbons (Fsp3) is 0.105. The Hall–Kier alpha value is -3.39. The third-order valence-corrected chi connectivity index (χ3v) is 3.56. The maximum absolute atomic E-state index is 12.6. The van der Waals surface area contributed by atoms with Gasteiger partial charge in [-0.05, 0) is 42.8 Å². The van der Waals surface area contributed by atoms with Gasteiger partial charge in [-0.15, -0.1) is 0 Å². The van der Waals surface area contributed by atoms with Crippen molar-refractivity contribution >= 4 is 23.4 Å². The number of carbonyl (C=O) groups is 1. The van der Waals surface area contributed by atoms with Crippen LogP contribution in [0.5, 0.6) is 5.75 Å². The summed E-state index contributed by atoms with van der Waals surface area (Å²) in [5.74, 6) is 0.469. The molecule has 5 heteroatoms. The smallest absolute Gasteiger partial charge is 0.280 e. The molecule has 1 aliphatic rings. The van der Waals surface area contributed by atoms with Gasteiger partial charge in [0.25, 0.3) is 5.91 Å². The van der Waals surface area contributed by atoms with Crippen molar-refractivity contribution < 1.29 is 9.53 Å². The summed E-state index contributed by atoms with van der Waals surface area (Å²) in [5, 5.41) is 14.3. The van der Waals surface area contributed by atoms with Crippen LogP contribution >= 0.6 is 0 Å². The van der Waals surface area contributed by atoms with E-state index in [1.165, 1.54) is 5.01 Å². The van der Waals surface area contributed by atoms with Gasteiger partial charge in [0, 0.05) is 0 Å². The summed E-state index contributed by atoms with van der Waals surface area (Å²) in [4.78, 5) is 12.6. The summed E-state index contributed by atoms with van der Waals surface area (Å²) in [7, 11) is 0. The fourth-order valence-electron chi connectivity index (χ4n) is 2.37. The quantitative estimate of drug-likeness (QED) is 0.812. The van der Waals surface area contributed by atoms with Crippen molar-refractivity contribution in [2.75, 3.05) is 11.6 Å². The Morgan fingerprint density at radius 3 is 2.54 bits per heavy atom. The van der Waals surface area contributed by atoms with E-state index in [1.807, 2.05) is 55.5 Å². The minimum Gasteiger partial charge on any atom is -0.479 e. The number of carbonyl (C=O) groups excluding carboxylic acids is 1. The van der Waals surface area contributed by atoms with Gasteiger partial charge in [-0.3, -0.25) is 4.79 Å². The summed E-state index contributed by atoms with van der Waals surface area (Å²) in [6, 6.07) is 18.5.